The molecule has 0 aliphatic carbocycles. The third-order valence-corrected chi connectivity index (χ3v) is 5.87. The molecule has 1 atom stereocenters. The highest BCUT2D eigenvalue weighted by molar-refractivity contribution is 5.80. The number of piperidine rings is 1. The molecule has 0 radical (unpaired) electrons. The first kappa shape index (κ1) is 20.5. The number of nitrogens with one attached hydrogen (secondary N) is 2. The van der Waals surface area contributed by atoms with Gasteiger partial charge in [0.15, 0.2) is 5.96 Å². The van der Waals surface area contributed by atoms with Gasteiger partial charge in [0.1, 0.15) is 0 Å². The Morgan fingerprint density at radius 2 is 1.64 bits per heavy atom. The summed E-state index contributed by atoms with van der Waals surface area (Å²) in [4.78, 5) is 12.1. The van der Waals surface area contributed by atoms with E-state index < -0.39 is 0 Å². The second kappa shape index (κ2) is 10.3. The first-order valence-electron chi connectivity index (χ1n) is 10.2. The molecule has 2 saturated heterocycles. The van der Waals surface area contributed by atoms with Gasteiger partial charge in [0.2, 0.25) is 0 Å². The molecule has 0 aromatic carbocycles. The number of nitrogens with zero attached hydrogens (tertiary/aromatic N) is 4. The Morgan fingerprint density at radius 3 is 2.16 bits per heavy atom. The summed E-state index contributed by atoms with van der Waals surface area (Å²) in [6.45, 7) is 18.4. The van der Waals surface area contributed by atoms with Crippen molar-refractivity contribution in [1.82, 2.24) is 25.3 Å². The fourth-order valence-corrected chi connectivity index (χ4v) is 3.84. The Morgan fingerprint density at radius 1 is 1.00 bits per heavy atom. The number of hydrogen-bond donors (Lipinski definition) is 2. The molecule has 0 amide bonds. The molecule has 146 valence electrons. The second-order valence-electron chi connectivity index (χ2n) is 7.82. The van der Waals surface area contributed by atoms with E-state index in [2.05, 4.69) is 58.0 Å². The lowest BCUT2D eigenvalue weighted by Gasteiger charge is -2.38. The third kappa shape index (κ3) is 6.42. The number of aliphatic imine (C=N–C) groups is 1. The van der Waals surface area contributed by atoms with Gasteiger partial charge in [-0.2, -0.15) is 0 Å². The molecule has 6 heteroatoms. The van der Waals surface area contributed by atoms with E-state index in [0.717, 1.165) is 12.5 Å². The van der Waals surface area contributed by atoms with E-state index in [1.165, 1.54) is 58.7 Å². The van der Waals surface area contributed by atoms with Crippen molar-refractivity contribution in [3.63, 3.8) is 0 Å². The molecule has 0 aromatic rings. The summed E-state index contributed by atoms with van der Waals surface area (Å²) in [6, 6.07) is 1.75. The topological polar surface area (TPSA) is 46.1 Å². The molecule has 2 rings (SSSR count). The molecule has 0 spiro atoms. The largest absolute Gasteiger partial charge is 0.355 e. The van der Waals surface area contributed by atoms with Crippen LogP contribution in [0.5, 0.6) is 0 Å². The molecule has 0 saturated carbocycles. The lowest BCUT2D eigenvalue weighted by molar-refractivity contribution is 0.107. The van der Waals surface area contributed by atoms with E-state index >= 15 is 0 Å². The maximum absolute atomic E-state index is 4.43. The second-order valence-corrected chi connectivity index (χ2v) is 7.82. The molecular formula is C19H40N6. The van der Waals surface area contributed by atoms with Crippen LogP contribution >= 0.6 is 0 Å². The van der Waals surface area contributed by atoms with Gasteiger partial charge in [-0.15, -0.1) is 0 Å². The first-order valence-corrected chi connectivity index (χ1v) is 10.2. The quantitative estimate of drug-likeness (QED) is 0.553. The van der Waals surface area contributed by atoms with Gasteiger partial charge in [-0.25, -0.2) is 0 Å². The van der Waals surface area contributed by atoms with Crippen molar-refractivity contribution in [3.8, 4) is 0 Å². The summed E-state index contributed by atoms with van der Waals surface area (Å²) >= 11 is 0. The lowest BCUT2D eigenvalue weighted by atomic mass is 10.0. The summed E-state index contributed by atoms with van der Waals surface area (Å²) in [5.74, 6) is 0.960. The Labute approximate surface area is 155 Å². The number of hydrogen-bond acceptors (Lipinski definition) is 4. The molecule has 2 fully saturated rings. The summed E-state index contributed by atoms with van der Waals surface area (Å²) in [5, 5.41) is 7.17. The minimum atomic E-state index is 0.542. The average molecular weight is 353 g/mol. The number of guanidine groups is 1. The van der Waals surface area contributed by atoms with E-state index in [4.69, 9.17) is 0 Å². The Balaban J connectivity index is 1.68. The molecule has 0 aromatic heterocycles. The van der Waals surface area contributed by atoms with E-state index in [1.807, 2.05) is 7.05 Å². The number of piperazine rings is 1. The molecule has 0 bridgehead atoms. The number of likely N-dealkylation sites (N-methyl/N-ethyl adjacent to an activating group) is 1. The molecule has 25 heavy (non-hydrogen) atoms. The van der Waals surface area contributed by atoms with E-state index in [0.29, 0.717) is 18.1 Å². The van der Waals surface area contributed by atoms with Crippen LogP contribution in [0.15, 0.2) is 4.99 Å². The molecule has 2 aliphatic heterocycles. The molecule has 2 N–H and O–H groups in total. The molecule has 2 heterocycles. The summed E-state index contributed by atoms with van der Waals surface area (Å²) in [5.41, 5.74) is 0. The van der Waals surface area contributed by atoms with Crippen LogP contribution in [0.2, 0.25) is 0 Å². The highest BCUT2D eigenvalue weighted by Crippen LogP contribution is 2.12. The maximum Gasteiger partial charge on any atom is 0.191 e. The van der Waals surface area contributed by atoms with Crippen molar-refractivity contribution in [1.29, 1.82) is 0 Å². The first-order chi connectivity index (χ1) is 12.0. The minimum absolute atomic E-state index is 0.542. The SMILES string of the molecule is CCN1CCN(C(C)CNC(=NC)NC2CCN(C(C)C)CC2)CC1. The fraction of sp³-hybridized carbons (Fsp3) is 0.947. The number of rotatable bonds is 6. The van der Waals surface area contributed by atoms with Gasteiger partial charge in [-0.05, 0) is 40.2 Å². The Kier molecular flexibility index (Phi) is 8.46. The average Bonchev–Trinajstić information content (AvgIpc) is 2.65. The van der Waals surface area contributed by atoms with Crippen LogP contribution in [-0.4, -0.2) is 98.2 Å². The Bertz CT molecular complexity index is 395. The van der Waals surface area contributed by atoms with Crippen LogP contribution in [0.1, 0.15) is 40.5 Å². The zero-order valence-electron chi connectivity index (χ0n) is 17.1. The van der Waals surface area contributed by atoms with Crippen molar-refractivity contribution in [2.24, 2.45) is 4.99 Å². The molecule has 6 nitrogen and oxygen atoms in total. The monoisotopic (exact) mass is 352 g/mol. The van der Waals surface area contributed by atoms with E-state index in [-0.39, 0.29) is 0 Å². The van der Waals surface area contributed by atoms with Gasteiger partial charge in [0.25, 0.3) is 0 Å². The third-order valence-electron chi connectivity index (χ3n) is 5.87. The standard InChI is InChI=1S/C19H40N6/c1-6-23-11-13-25(14-12-23)17(4)15-21-19(20-5)22-18-7-9-24(10-8-18)16(2)3/h16-18H,6-15H2,1-5H3,(H2,20,21,22). The predicted octanol–water partition coefficient (Wildman–Crippen LogP) is 1.05. The molecule has 2 aliphatic rings. The predicted molar refractivity (Wildman–Crippen MR) is 107 cm³/mol. The van der Waals surface area contributed by atoms with Gasteiger partial charge < -0.3 is 20.4 Å². The van der Waals surface area contributed by atoms with Gasteiger partial charge in [-0.3, -0.25) is 9.89 Å². The van der Waals surface area contributed by atoms with Crippen LogP contribution in [-0.2, 0) is 0 Å². The summed E-state index contributed by atoms with van der Waals surface area (Å²) in [6.07, 6.45) is 2.40. The summed E-state index contributed by atoms with van der Waals surface area (Å²) in [7, 11) is 1.88. The zero-order valence-corrected chi connectivity index (χ0v) is 17.1. The molecule has 1 unspecified atom stereocenters. The van der Waals surface area contributed by atoms with Gasteiger partial charge >= 0.3 is 0 Å². The van der Waals surface area contributed by atoms with Crippen LogP contribution in [0.3, 0.4) is 0 Å². The van der Waals surface area contributed by atoms with Crippen molar-refractivity contribution in [3.05, 3.63) is 0 Å². The Hall–Kier alpha value is -0.850. The van der Waals surface area contributed by atoms with Crippen molar-refractivity contribution < 1.29 is 0 Å². The smallest absolute Gasteiger partial charge is 0.191 e. The zero-order chi connectivity index (χ0) is 18.2. The fourth-order valence-electron chi connectivity index (χ4n) is 3.84. The maximum atomic E-state index is 4.43. The highest BCUT2D eigenvalue weighted by atomic mass is 15.3. The highest BCUT2D eigenvalue weighted by Gasteiger charge is 2.23. The van der Waals surface area contributed by atoms with Gasteiger partial charge in [-0.1, -0.05) is 6.92 Å². The molecular weight excluding hydrogens is 312 g/mol. The van der Waals surface area contributed by atoms with Gasteiger partial charge in [0, 0.05) is 71.0 Å². The van der Waals surface area contributed by atoms with Crippen LogP contribution in [0.25, 0.3) is 0 Å². The van der Waals surface area contributed by atoms with E-state index in [1.54, 1.807) is 0 Å². The van der Waals surface area contributed by atoms with Crippen LogP contribution in [0.4, 0.5) is 0 Å². The van der Waals surface area contributed by atoms with Crippen LogP contribution in [0, 0.1) is 0 Å². The van der Waals surface area contributed by atoms with Crippen LogP contribution < -0.4 is 10.6 Å². The van der Waals surface area contributed by atoms with Crippen molar-refractivity contribution in [2.45, 2.75) is 58.7 Å². The summed E-state index contributed by atoms with van der Waals surface area (Å²) < 4.78 is 0. The minimum Gasteiger partial charge on any atom is -0.355 e. The normalized spacial score (nSPS) is 23.8. The van der Waals surface area contributed by atoms with E-state index in [9.17, 15) is 0 Å². The lowest BCUT2D eigenvalue weighted by Crippen LogP contribution is -2.54. The van der Waals surface area contributed by atoms with Crippen molar-refractivity contribution >= 4 is 5.96 Å². The van der Waals surface area contributed by atoms with Gasteiger partial charge in [0.05, 0.1) is 0 Å². The number of likely N-dealkylation sites (tertiary alicyclic amines) is 1. The van der Waals surface area contributed by atoms with Crippen molar-refractivity contribution in [2.75, 3.05) is 59.4 Å².